The van der Waals surface area contributed by atoms with E-state index in [1.165, 1.54) is 19.3 Å². The van der Waals surface area contributed by atoms with Crippen molar-refractivity contribution in [3.8, 4) is 0 Å². The van der Waals surface area contributed by atoms with Crippen LogP contribution < -0.4 is 5.73 Å². The number of halogens is 1. The molecule has 0 aliphatic heterocycles. The van der Waals surface area contributed by atoms with E-state index in [1.807, 2.05) is 42.8 Å². The summed E-state index contributed by atoms with van der Waals surface area (Å²) >= 11 is 5.18. The maximum atomic E-state index is 10.9. The number of primary amides is 1. The summed E-state index contributed by atoms with van der Waals surface area (Å²) in [5.41, 5.74) is 7.30. The second kappa shape index (κ2) is 13.1. The van der Waals surface area contributed by atoms with E-state index in [9.17, 15) is 4.79 Å². The molecule has 1 rings (SSSR count). The summed E-state index contributed by atoms with van der Waals surface area (Å²) in [4.78, 5) is 10.9. The first-order chi connectivity index (χ1) is 12.1. The van der Waals surface area contributed by atoms with Gasteiger partial charge in [-0.15, -0.1) is 0 Å². The van der Waals surface area contributed by atoms with Crippen LogP contribution in [0.3, 0.4) is 0 Å². The van der Waals surface area contributed by atoms with Gasteiger partial charge in [0.15, 0.2) is 0 Å². The van der Waals surface area contributed by atoms with Crippen LogP contribution in [0.15, 0.2) is 22.7 Å². The Morgan fingerprint density at radius 2 is 1.50 bits per heavy atom. The van der Waals surface area contributed by atoms with E-state index in [0.29, 0.717) is 0 Å². The minimum absolute atomic E-state index is 0.215. The van der Waals surface area contributed by atoms with E-state index < -0.39 is 0 Å². The van der Waals surface area contributed by atoms with Gasteiger partial charge in [-0.3, -0.25) is 0 Å². The zero-order valence-electron chi connectivity index (χ0n) is 18.1. The van der Waals surface area contributed by atoms with E-state index in [2.05, 4.69) is 57.5 Å². The molecule has 1 amide bonds. The van der Waals surface area contributed by atoms with Crippen LogP contribution in [0.5, 0.6) is 0 Å². The van der Waals surface area contributed by atoms with Crippen LogP contribution in [0.2, 0.25) is 17.5 Å². The number of hydrogen-bond donors (Lipinski definition) is 1. The number of carbonyl (C=O) groups excluding carboxylic acids is 1. The molecular weight excluding hydrogens is 380 g/mol. The number of nitrogens with two attached hydrogens (primary N) is 1. The van der Waals surface area contributed by atoms with Crippen molar-refractivity contribution in [3.63, 3.8) is 0 Å². The average molecular weight is 416 g/mol. The second-order valence-electron chi connectivity index (χ2n) is 7.86. The summed E-state index contributed by atoms with van der Waals surface area (Å²) in [5.74, 6) is 2.39. The normalized spacial score (nSPS) is 15.3. The molecule has 0 saturated heterocycles. The van der Waals surface area contributed by atoms with Gasteiger partial charge in [0.05, 0.1) is 0 Å². The number of rotatable bonds is 8. The summed E-state index contributed by atoms with van der Waals surface area (Å²) in [6.45, 7) is 17.1. The maximum absolute atomic E-state index is 10.9. The number of amides is 1. The third-order valence-electron chi connectivity index (χ3n) is 6.03. The minimum atomic E-state index is -0.287. The average Bonchev–Trinajstić information content (AvgIpc) is 2.61. The van der Waals surface area contributed by atoms with Crippen molar-refractivity contribution in [2.75, 3.05) is 0 Å². The number of aryl methyl sites for hydroxylation is 1. The fraction of sp³-hybridized carbons (Fsp3) is 0.667. The Balaban J connectivity index is 0.000000481. The van der Waals surface area contributed by atoms with Crippen LogP contribution >= 0.6 is 15.9 Å². The summed E-state index contributed by atoms with van der Waals surface area (Å²) in [6.07, 6.45) is 4.00. The van der Waals surface area contributed by atoms with E-state index in [0.717, 1.165) is 39.8 Å². The molecule has 0 bridgehead atoms. The molecule has 0 aromatic heterocycles. The first-order valence-electron chi connectivity index (χ1n) is 10.2. The van der Waals surface area contributed by atoms with Gasteiger partial charge in [0, 0.05) is 0 Å². The molecule has 5 heteroatoms. The third kappa shape index (κ3) is 8.24. The molecule has 0 radical (unpaired) electrons. The molecular formula is C21H36BBrLiNO. The monoisotopic (exact) mass is 415 g/mol. The molecule has 0 fully saturated rings. The topological polar surface area (TPSA) is 43.1 Å². The van der Waals surface area contributed by atoms with Crippen molar-refractivity contribution in [3.05, 3.63) is 33.8 Å². The fourth-order valence-corrected chi connectivity index (χ4v) is 4.25. The van der Waals surface area contributed by atoms with Crippen molar-refractivity contribution in [2.45, 2.75) is 89.8 Å². The van der Waals surface area contributed by atoms with Gasteiger partial charge in [0.1, 0.15) is 6.71 Å². The van der Waals surface area contributed by atoms with Crippen molar-refractivity contribution >= 4 is 46.3 Å². The summed E-state index contributed by atoms with van der Waals surface area (Å²) < 4.78 is 0.804. The number of carbonyl (C=O) groups is 1. The third-order valence-corrected chi connectivity index (χ3v) is 6.52. The molecule has 0 spiro atoms. The molecule has 1 aromatic carbocycles. The fourth-order valence-electron chi connectivity index (χ4n) is 3.78. The van der Waals surface area contributed by atoms with Crippen molar-refractivity contribution in [2.24, 2.45) is 5.73 Å². The Kier molecular flexibility index (Phi) is 13.0. The van der Waals surface area contributed by atoms with Crippen molar-refractivity contribution in [1.29, 1.82) is 0 Å². The van der Waals surface area contributed by atoms with Gasteiger partial charge in [-0.25, -0.2) is 0 Å². The summed E-state index contributed by atoms with van der Waals surface area (Å²) in [6, 6.07) is 5.82. The van der Waals surface area contributed by atoms with Gasteiger partial charge < -0.3 is 0 Å². The zero-order chi connectivity index (χ0) is 20.4. The molecule has 26 heavy (non-hydrogen) atoms. The Morgan fingerprint density at radius 3 is 1.81 bits per heavy atom. The van der Waals surface area contributed by atoms with Crippen LogP contribution in [-0.4, -0.2) is 30.3 Å². The molecule has 0 aliphatic carbocycles. The Morgan fingerprint density at radius 1 is 1.08 bits per heavy atom. The van der Waals surface area contributed by atoms with Gasteiger partial charge >= 0.3 is 95.4 Å². The molecule has 2 N–H and O–H groups in total. The molecule has 2 nitrogen and oxygen atoms in total. The zero-order valence-corrected chi connectivity index (χ0v) is 19.7. The Labute approximate surface area is 179 Å². The van der Waals surface area contributed by atoms with Gasteiger partial charge in [0.25, 0.3) is 0 Å². The van der Waals surface area contributed by atoms with Crippen LogP contribution in [0.1, 0.15) is 76.5 Å². The summed E-state index contributed by atoms with van der Waals surface area (Å²) in [5, 5.41) is 0. The Hall–Kier alpha value is -0.168. The molecule has 142 valence electrons. The molecule has 1 aromatic rings. The molecule has 3 unspecified atom stereocenters. The predicted octanol–water partition coefficient (Wildman–Crippen LogP) is 6.33. The SMILES string of the molecule is CCC(C)B(C(C)CC)C(C)CC.[Li][C@H](C(N)=O)c1ccc(Br)cc1C. The molecule has 0 aliphatic rings. The quantitative estimate of drug-likeness (QED) is 0.495. The van der Waals surface area contributed by atoms with E-state index in [1.54, 1.807) is 0 Å². The molecule has 4 atom stereocenters. The predicted molar refractivity (Wildman–Crippen MR) is 121 cm³/mol. The number of benzene rings is 1. The van der Waals surface area contributed by atoms with Crippen LogP contribution in [-0.2, 0) is 4.79 Å². The van der Waals surface area contributed by atoms with Gasteiger partial charge in [-0.05, 0) is 0 Å². The number of hydrogen-bond acceptors (Lipinski definition) is 1. The van der Waals surface area contributed by atoms with Gasteiger partial charge in [-0.2, -0.15) is 0 Å². The van der Waals surface area contributed by atoms with Gasteiger partial charge in [-0.1, -0.05) is 78.3 Å². The first kappa shape index (κ1) is 25.8. The van der Waals surface area contributed by atoms with Crippen LogP contribution in [0, 0.1) is 6.92 Å². The van der Waals surface area contributed by atoms with Crippen molar-refractivity contribution in [1.82, 2.24) is 0 Å². The van der Waals surface area contributed by atoms with E-state index in [-0.39, 0.29) is 10.5 Å². The van der Waals surface area contributed by atoms with E-state index in [4.69, 9.17) is 5.73 Å². The van der Waals surface area contributed by atoms with E-state index >= 15 is 0 Å². The van der Waals surface area contributed by atoms with Gasteiger partial charge in [0.2, 0.25) is 0 Å². The first-order valence-corrected chi connectivity index (χ1v) is 10.9. The molecule has 0 saturated carbocycles. The van der Waals surface area contributed by atoms with Crippen LogP contribution in [0.25, 0.3) is 0 Å². The summed E-state index contributed by atoms with van der Waals surface area (Å²) in [7, 11) is 0. The standard InChI is InChI=1S/C12H27B.C9H9BrNO.Li/c1-7-10(4)13(11(5)8-2)12(6)9-3;1-6-4-8(10)3-2-7(6)5-9(11)12;/h10-12H,7-9H2,1-6H3;2-5H,1H3,(H2,11,12);. The van der Waals surface area contributed by atoms with Crippen LogP contribution in [0.4, 0.5) is 0 Å². The Bertz CT molecular complexity index is 531. The molecule has 0 heterocycles. The van der Waals surface area contributed by atoms with Crippen molar-refractivity contribution < 1.29 is 4.79 Å². The second-order valence-corrected chi connectivity index (χ2v) is 8.77.